The lowest BCUT2D eigenvalue weighted by molar-refractivity contribution is 0.176. The molecule has 2 aromatic rings. The van der Waals surface area contributed by atoms with Gasteiger partial charge in [0.2, 0.25) is 0 Å². The summed E-state index contributed by atoms with van der Waals surface area (Å²) < 4.78 is 0. The Morgan fingerprint density at radius 1 is 1.45 bits per heavy atom. The quantitative estimate of drug-likeness (QED) is 0.859. The molecule has 20 heavy (non-hydrogen) atoms. The molecular weight excluding hydrogens is 254 g/mol. The highest BCUT2D eigenvalue weighted by Gasteiger charge is 2.19. The van der Waals surface area contributed by atoms with Crippen LogP contribution in [0.5, 0.6) is 0 Å². The number of hydrogen-bond acceptors (Lipinski definition) is 3. The predicted octanol–water partition coefficient (Wildman–Crippen LogP) is 1.73. The van der Waals surface area contributed by atoms with Crippen molar-refractivity contribution in [2.45, 2.75) is 6.42 Å². The van der Waals surface area contributed by atoms with E-state index in [4.69, 9.17) is 0 Å². The number of fused-ring (bicyclic) bond motifs is 1. The zero-order valence-electron chi connectivity index (χ0n) is 11.6. The maximum absolute atomic E-state index is 11.9. The Morgan fingerprint density at radius 2 is 2.30 bits per heavy atom. The van der Waals surface area contributed by atoms with Gasteiger partial charge in [-0.2, -0.15) is 0 Å². The van der Waals surface area contributed by atoms with Crippen molar-refractivity contribution in [2.75, 3.05) is 27.2 Å². The van der Waals surface area contributed by atoms with E-state index in [1.54, 1.807) is 25.2 Å². The number of aromatic nitrogens is 3. The third kappa shape index (κ3) is 2.24. The smallest absolute Gasteiger partial charge is 0.319 e. The van der Waals surface area contributed by atoms with E-state index in [9.17, 15) is 4.79 Å². The molecule has 1 aliphatic heterocycles. The van der Waals surface area contributed by atoms with E-state index in [1.807, 2.05) is 4.90 Å². The summed E-state index contributed by atoms with van der Waals surface area (Å²) >= 11 is 0. The van der Waals surface area contributed by atoms with Crippen molar-refractivity contribution in [3.63, 3.8) is 0 Å². The van der Waals surface area contributed by atoms with E-state index in [-0.39, 0.29) is 6.03 Å². The lowest BCUT2D eigenvalue weighted by atomic mass is 10.1. The third-order valence-electron chi connectivity index (χ3n) is 3.50. The van der Waals surface area contributed by atoms with E-state index < -0.39 is 0 Å². The van der Waals surface area contributed by atoms with Crippen LogP contribution in [-0.4, -0.2) is 58.0 Å². The van der Waals surface area contributed by atoms with Crippen molar-refractivity contribution in [3.05, 3.63) is 30.4 Å². The van der Waals surface area contributed by atoms with Crippen LogP contribution in [0.3, 0.4) is 0 Å². The van der Waals surface area contributed by atoms with Crippen molar-refractivity contribution in [1.82, 2.24) is 24.8 Å². The van der Waals surface area contributed by atoms with Crippen molar-refractivity contribution < 1.29 is 4.79 Å². The fourth-order valence-electron chi connectivity index (χ4n) is 2.41. The van der Waals surface area contributed by atoms with Gasteiger partial charge in [-0.1, -0.05) is 6.08 Å². The van der Waals surface area contributed by atoms with Crippen LogP contribution in [-0.2, 0) is 0 Å². The maximum Gasteiger partial charge on any atom is 0.319 e. The van der Waals surface area contributed by atoms with Gasteiger partial charge in [-0.15, -0.1) is 0 Å². The molecule has 2 aromatic heterocycles. The Labute approximate surface area is 117 Å². The Hall–Kier alpha value is -2.37. The van der Waals surface area contributed by atoms with Crippen molar-refractivity contribution in [2.24, 2.45) is 0 Å². The molecule has 2 amide bonds. The lowest BCUT2D eigenvalue weighted by Crippen LogP contribution is -2.41. The fourth-order valence-corrected chi connectivity index (χ4v) is 2.41. The number of urea groups is 1. The van der Waals surface area contributed by atoms with E-state index in [2.05, 4.69) is 27.1 Å². The van der Waals surface area contributed by atoms with Crippen LogP contribution in [0, 0.1) is 0 Å². The molecule has 1 N–H and O–H groups in total. The van der Waals surface area contributed by atoms with E-state index in [1.165, 1.54) is 11.9 Å². The number of nitrogens with zero attached hydrogens (tertiary/aromatic N) is 4. The van der Waals surface area contributed by atoms with Crippen LogP contribution >= 0.6 is 0 Å². The Kier molecular flexibility index (Phi) is 3.14. The number of rotatable bonds is 1. The van der Waals surface area contributed by atoms with Gasteiger partial charge in [0.1, 0.15) is 12.0 Å². The highest BCUT2D eigenvalue weighted by Crippen LogP contribution is 2.24. The molecule has 0 bridgehead atoms. The molecule has 0 radical (unpaired) electrons. The monoisotopic (exact) mass is 271 g/mol. The first kappa shape index (κ1) is 12.7. The number of hydrogen-bond donors (Lipinski definition) is 1. The van der Waals surface area contributed by atoms with Gasteiger partial charge in [0.25, 0.3) is 0 Å². The zero-order chi connectivity index (χ0) is 14.1. The second kappa shape index (κ2) is 4.96. The molecule has 0 aliphatic carbocycles. The Morgan fingerprint density at radius 3 is 2.95 bits per heavy atom. The van der Waals surface area contributed by atoms with Gasteiger partial charge < -0.3 is 14.8 Å². The summed E-state index contributed by atoms with van der Waals surface area (Å²) in [5, 5.41) is 1.01. The van der Waals surface area contributed by atoms with Crippen molar-refractivity contribution in [3.8, 4) is 0 Å². The standard InChI is InChI=1S/C14H17N5O/c1-18(2)14(20)19-5-3-10(4-6-19)12-7-11-8-15-9-16-13(11)17-12/h3,7-9H,4-6H2,1-2H3,(H,15,16,17). The van der Waals surface area contributed by atoms with Crippen LogP contribution in [0.2, 0.25) is 0 Å². The van der Waals surface area contributed by atoms with Crippen LogP contribution in [0.4, 0.5) is 4.79 Å². The van der Waals surface area contributed by atoms with Gasteiger partial charge in [0, 0.05) is 44.5 Å². The third-order valence-corrected chi connectivity index (χ3v) is 3.50. The first-order valence-electron chi connectivity index (χ1n) is 6.59. The summed E-state index contributed by atoms with van der Waals surface area (Å²) in [7, 11) is 3.55. The topological polar surface area (TPSA) is 65.1 Å². The van der Waals surface area contributed by atoms with Crippen molar-refractivity contribution >= 4 is 22.6 Å². The number of nitrogens with one attached hydrogen (secondary N) is 1. The SMILES string of the molecule is CN(C)C(=O)N1CC=C(c2cc3cncnc3[nH]2)CC1. The van der Waals surface area contributed by atoms with Gasteiger partial charge in [-0.25, -0.2) is 14.8 Å². The predicted molar refractivity (Wildman–Crippen MR) is 77.1 cm³/mol. The molecule has 6 heteroatoms. The molecule has 0 saturated carbocycles. The minimum absolute atomic E-state index is 0.0582. The van der Waals surface area contributed by atoms with Gasteiger partial charge in [0.15, 0.2) is 0 Å². The van der Waals surface area contributed by atoms with E-state index in [0.29, 0.717) is 6.54 Å². The second-order valence-corrected chi connectivity index (χ2v) is 5.11. The van der Waals surface area contributed by atoms with Gasteiger partial charge >= 0.3 is 6.03 Å². The average molecular weight is 271 g/mol. The number of aromatic amines is 1. The minimum Gasteiger partial charge on any atom is -0.339 e. The highest BCUT2D eigenvalue weighted by atomic mass is 16.2. The van der Waals surface area contributed by atoms with Crippen LogP contribution < -0.4 is 0 Å². The Balaban J connectivity index is 1.81. The van der Waals surface area contributed by atoms with Crippen molar-refractivity contribution in [1.29, 1.82) is 0 Å². The summed E-state index contributed by atoms with van der Waals surface area (Å²) in [5.74, 6) is 0. The van der Waals surface area contributed by atoms with Gasteiger partial charge in [0.05, 0.1) is 0 Å². The Bertz CT molecular complexity index is 640. The molecule has 6 nitrogen and oxygen atoms in total. The highest BCUT2D eigenvalue weighted by molar-refractivity contribution is 5.82. The largest absolute Gasteiger partial charge is 0.339 e. The molecular formula is C14H17N5O. The summed E-state index contributed by atoms with van der Waals surface area (Å²) in [4.78, 5) is 26.8. The average Bonchev–Trinajstić information content (AvgIpc) is 2.90. The maximum atomic E-state index is 11.9. The summed E-state index contributed by atoms with van der Waals surface area (Å²) in [6.45, 7) is 1.39. The number of amides is 2. The number of H-pyrrole nitrogens is 1. The molecule has 0 spiro atoms. The van der Waals surface area contributed by atoms with E-state index in [0.717, 1.165) is 29.7 Å². The molecule has 1 aliphatic rings. The summed E-state index contributed by atoms with van der Waals surface area (Å²) in [6.07, 6.45) is 6.28. The first-order valence-corrected chi connectivity index (χ1v) is 6.59. The summed E-state index contributed by atoms with van der Waals surface area (Å²) in [6, 6.07) is 2.12. The number of carbonyl (C=O) groups is 1. The molecule has 0 saturated heterocycles. The lowest BCUT2D eigenvalue weighted by Gasteiger charge is -2.28. The normalized spacial score (nSPS) is 15.3. The number of carbonyl (C=O) groups excluding carboxylic acids is 1. The van der Waals surface area contributed by atoms with Crippen LogP contribution in [0.1, 0.15) is 12.1 Å². The second-order valence-electron chi connectivity index (χ2n) is 5.11. The molecule has 3 heterocycles. The zero-order valence-corrected chi connectivity index (χ0v) is 11.6. The molecule has 104 valence electrons. The van der Waals surface area contributed by atoms with E-state index >= 15 is 0 Å². The molecule has 0 fully saturated rings. The molecule has 0 unspecified atom stereocenters. The first-order chi connectivity index (χ1) is 9.65. The van der Waals surface area contributed by atoms with Gasteiger partial charge in [-0.3, -0.25) is 0 Å². The van der Waals surface area contributed by atoms with Crippen LogP contribution in [0.25, 0.3) is 16.6 Å². The molecule has 3 rings (SSSR count). The van der Waals surface area contributed by atoms with Crippen LogP contribution in [0.15, 0.2) is 24.7 Å². The fraction of sp³-hybridized carbons (Fsp3) is 0.357. The molecule has 0 atom stereocenters. The molecule has 0 aromatic carbocycles. The van der Waals surface area contributed by atoms with Gasteiger partial charge in [-0.05, 0) is 18.1 Å². The minimum atomic E-state index is 0.0582. The summed E-state index contributed by atoms with van der Waals surface area (Å²) in [5.41, 5.74) is 3.14.